The van der Waals surface area contributed by atoms with Gasteiger partial charge in [-0.05, 0) is 28.3 Å². The van der Waals surface area contributed by atoms with Crippen molar-refractivity contribution in [2.24, 2.45) is 5.41 Å². The van der Waals surface area contributed by atoms with Crippen LogP contribution in [0.25, 0.3) is 6.08 Å². The van der Waals surface area contributed by atoms with Crippen LogP contribution in [0, 0.1) is 5.41 Å². The molecule has 3 heterocycles. The van der Waals surface area contributed by atoms with Gasteiger partial charge in [0, 0.05) is 46.0 Å². The fourth-order valence-corrected chi connectivity index (χ4v) is 7.41. The number of likely N-dealkylation sites (N-methyl/N-ethyl adjacent to an activating group) is 1. The zero-order valence-electron chi connectivity index (χ0n) is 24.1. The third-order valence-corrected chi connectivity index (χ3v) is 9.34. The van der Waals surface area contributed by atoms with Gasteiger partial charge in [0.2, 0.25) is 11.8 Å². The lowest BCUT2D eigenvalue weighted by Gasteiger charge is -2.48. The van der Waals surface area contributed by atoms with Gasteiger partial charge in [0.15, 0.2) is 11.8 Å². The van der Waals surface area contributed by atoms with E-state index in [9.17, 15) is 19.5 Å². The Balaban J connectivity index is 1.24. The van der Waals surface area contributed by atoms with Gasteiger partial charge in [0.25, 0.3) is 0 Å². The minimum atomic E-state index is -1.32. The molecule has 0 radical (unpaired) electrons. The van der Waals surface area contributed by atoms with Crippen molar-refractivity contribution in [3.63, 3.8) is 0 Å². The first-order valence-corrected chi connectivity index (χ1v) is 14.7. The zero-order valence-corrected chi connectivity index (χ0v) is 24.1. The van der Waals surface area contributed by atoms with Crippen LogP contribution >= 0.6 is 0 Å². The fourth-order valence-electron chi connectivity index (χ4n) is 7.41. The van der Waals surface area contributed by atoms with E-state index < -0.39 is 47.6 Å². The van der Waals surface area contributed by atoms with Crippen molar-refractivity contribution in [1.82, 2.24) is 15.3 Å². The molecule has 1 saturated carbocycles. The maximum absolute atomic E-state index is 14.0. The highest BCUT2D eigenvalue weighted by Gasteiger charge is 2.76. The standard InChI is InChI=1S/C32H35N3O8/c1-34(2)24(37)12-11-19-7-3-6-10-22(19)18-35-27-29(38)40-23-17-32(27,30(39)33-13-14-36)28(43-35)26-25(23)41-31(42-26)15-20-8-4-5-9-21(20)16-31/h3-12,23,25-28,36H,13-18H2,1-2H3,(H,33,39)/t23-,25+,26+,27+,28-,32+/m1/s1. The maximum atomic E-state index is 14.0. The van der Waals surface area contributed by atoms with E-state index in [4.69, 9.17) is 19.0 Å². The number of rotatable bonds is 7. The lowest BCUT2D eigenvalue weighted by molar-refractivity contribution is -0.217. The van der Waals surface area contributed by atoms with Gasteiger partial charge in [0.05, 0.1) is 13.2 Å². The second-order valence-electron chi connectivity index (χ2n) is 12.2. The van der Waals surface area contributed by atoms with Crippen molar-refractivity contribution in [2.45, 2.75) is 62.1 Å². The van der Waals surface area contributed by atoms with E-state index in [-0.39, 0.29) is 37.9 Å². The highest BCUT2D eigenvalue weighted by molar-refractivity contribution is 5.94. The van der Waals surface area contributed by atoms with Crippen LogP contribution in [0.4, 0.5) is 0 Å². The number of hydrogen-bond donors (Lipinski definition) is 2. The van der Waals surface area contributed by atoms with Crippen LogP contribution in [0.5, 0.6) is 0 Å². The number of hydroxylamine groups is 2. The van der Waals surface area contributed by atoms with Gasteiger partial charge in [-0.2, -0.15) is 5.06 Å². The van der Waals surface area contributed by atoms with Gasteiger partial charge in [-0.3, -0.25) is 19.2 Å². The van der Waals surface area contributed by atoms with Crippen molar-refractivity contribution in [2.75, 3.05) is 27.2 Å². The van der Waals surface area contributed by atoms with Crippen LogP contribution in [0.1, 0.15) is 28.7 Å². The Kier molecular flexibility index (Phi) is 6.90. The zero-order chi connectivity index (χ0) is 29.9. The first kappa shape index (κ1) is 28.2. The number of hydrogen-bond acceptors (Lipinski definition) is 9. The normalized spacial score (nSPS) is 31.6. The summed E-state index contributed by atoms with van der Waals surface area (Å²) < 4.78 is 19.4. The van der Waals surface area contributed by atoms with Crippen molar-refractivity contribution in [3.8, 4) is 0 Å². The Morgan fingerprint density at radius 3 is 2.49 bits per heavy atom. The number of nitrogens with zero attached hydrogens (tertiary/aromatic N) is 2. The molecule has 2 aliphatic carbocycles. The summed E-state index contributed by atoms with van der Waals surface area (Å²) in [5.74, 6) is -2.05. The van der Waals surface area contributed by atoms with E-state index in [1.807, 2.05) is 36.4 Å². The summed E-state index contributed by atoms with van der Waals surface area (Å²) >= 11 is 0. The van der Waals surface area contributed by atoms with Crippen LogP contribution in [-0.2, 0) is 52.8 Å². The number of nitrogens with one attached hydrogen (secondary N) is 1. The van der Waals surface area contributed by atoms with Crippen molar-refractivity contribution in [1.29, 1.82) is 0 Å². The Hall–Kier alpha value is -3.61. The molecule has 2 bridgehead atoms. The molecule has 0 aromatic heterocycles. The average molecular weight is 590 g/mol. The van der Waals surface area contributed by atoms with Crippen molar-refractivity contribution in [3.05, 3.63) is 76.9 Å². The monoisotopic (exact) mass is 589 g/mol. The van der Waals surface area contributed by atoms with Gasteiger partial charge in [-0.25, -0.2) is 0 Å². The molecule has 43 heavy (non-hydrogen) atoms. The second kappa shape index (κ2) is 10.5. The number of ether oxygens (including phenoxy) is 3. The highest BCUT2D eigenvalue weighted by atomic mass is 16.8. The summed E-state index contributed by atoms with van der Waals surface area (Å²) in [6.45, 7) is -0.0482. The number of benzene rings is 2. The van der Waals surface area contributed by atoms with Gasteiger partial charge in [0.1, 0.15) is 29.8 Å². The van der Waals surface area contributed by atoms with Crippen LogP contribution in [0.3, 0.4) is 0 Å². The van der Waals surface area contributed by atoms with Crippen LogP contribution in [0.2, 0.25) is 0 Å². The summed E-state index contributed by atoms with van der Waals surface area (Å²) in [5.41, 5.74) is 2.54. The van der Waals surface area contributed by atoms with Gasteiger partial charge < -0.3 is 29.5 Å². The SMILES string of the molecule is CN(C)C(=O)C=Cc1ccccc1CN1O[C@@H]2[C@H]3OC4(Cc5ccccc5C4)O[C@H]3[C@H]3C[C@]2(C(=O)NCCO)[C@@H]1C(=O)O3. The van der Waals surface area contributed by atoms with E-state index in [1.165, 1.54) is 16.0 Å². The highest BCUT2D eigenvalue weighted by Crippen LogP contribution is 2.58. The summed E-state index contributed by atoms with van der Waals surface area (Å²) in [6.07, 6.45) is 1.73. The topological polar surface area (TPSA) is 127 Å². The molecule has 226 valence electrons. The Labute approximate surface area is 249 Å². The summed E-state index contributed by atoms with van der Waals surface area (Å²) in [7, 11) is 3.36. The fraction of sp³-hybridized carbons (Fsp3) is 0.469. The maximum Gasteiger partial charge on any atom is 0.327 e. The van der Waals surface area contributed by atoms with E-state index in [1.54, 1.807) is 20.2 Å². The molecule has 7 rings (SSSR count). The lowest BCUT2D eigenvalue weighted by atomic mass is 9.62. The van der Waals surface area contributed by atoms with Gasteiger partial charge in [-0.15, -0.1) is 0 Å². The van der Waals surface area contributed by atoms with Gasteiger partial charge in [-0.1, -0.05) is 48.5 Å². The molecule has 2 aromatic carbocycles. The molecule has 11 heteroatoms. The van der Waals surface area contributed by atoms with E-state index in [0.717, 1.165) is 22.3 Å². The average Bonchev–Trinajstić information content (AvgIpc) is 3.66. The smallest absolute Gasteiger partial charge is 0.327 e. The Morgan fingerprint density at radius 2 is 1.77 bits per heavy atom. The summed E-state index contributed by atoms with van der Waals surface area (Å²) in [6, 6.07) is 14.5. The number of amides is 2. The van der Waals surface area contributed by atoms with Crippen molar-refractivity contribution >= 4 is 23.9 Å². The Bertz CT molecular complexity index is 1470. The Morgan fingerprint density at radius 1 is 1.07 bits per heavy atom. The molecule has 2 N–H and O–H groups in total. The summed E-state index contributed by atoms with van der Waals surface area (Å²) in [5, 5.41) is 13.8. The number of carbonyl (C=O) groups excluding carboxylic acids is 3. The summed E-state index contributed by atoms with van der Waals surface area (Å²) in [4.78, 5) is 48.1. The van der Waals surface area contributed by atoms with E-state index in [0.29, 0.717) is 12.8 Å². The molecule has 3 aliphatic heterocycles. The molecule has 1 spiro atoms. The predicted molar refractivity (Wildman–Crippen MR) is 152 cm³/mol. The molecule has 6 atom stereocenters. The molecule has 0 unspecified atom stereocenters. The minimum absolute atomic E-state index is 0.0397. The number of aliphatic hydroxyl groups excluding tert-OH is 1. The third kappa shape index (κ3) is 4.49. The van der Waals surface area contributed by atoms with E-state index in [2.05, 4.69) is 17.4 Å². The number of fused-ring (bicyclic) bond motifs is 5. The first-order chi connectivity index (χ1) is 20.7. The van der Waals surface area contributed by atoms with Crippen LogP contribution in [0.15, 0.2) is 54.6 Å². The number of carbonyl (C=O) groups is 3. The molecule has 4 fully saturated rings. The second-order valence-corrected chi connectivity index (χ2v) is 12.2. The first-order valence-electron chi connectivity index (χ1n) is 14.7. The molecular weight excluding hydrogens is 554 g/mol. The number of esters is 1. The van der Waals surface area contributed by atoms with E-state index >= 15 is 0 Å². The molecular formula is C32H35N3O8. The quantitative estimate of drug-likeness (QED) is 0.359. The van der Waals surface area contributed by atoms with Gasteiger partial charge >= 0.3 is 5.97 Å². The van der Waals surface area contributed by atoms with Crippen LogP contribution in [-0.4, -0.2) is 96.3 Å². The molecule has 2 aromatic rings. The predicted octanol–water partition coefficient (Wildman–Crippen LogP) is 0.976. The number of aliphatic hydroxyl groups is 1. The van der Waals surface area contributed by atoms with Crippen molar-refractivity contribution < 1.29 is 38.5 Å². The molecule has 2 amide bonds. The molecule has 3 saturated heterocycles. The molecule has 11 nitrogen and oxygen atoms in total. The molecule has 5 aliphatic rings. The third-order valence-electron chi connectivity index (χ3n) is 9.34. The minimum Gasteiger partial charge on any atom is -0.458 e. The lowest BCUT2D eigenvalue weighted by Crippen LogP contribution is -2.69. The largest absolute Gasteiger partial charge is 0.458 e. The van der Waals surface area contributed by atoms with Crippen LogP contribution < -0.4 is 5.32 Å².